The Morgan fingerprint density at radius 2 is 2.05 bits per heavy atom. The van der Waals surface area contributed by atoms with E-state index in [4.69, 9.17) is 6.42 Å². The average Bonchev–Trinajstić information content (AvgIpc) is 2.36. The summed E-state index contributed by atoms with van der Waals surface area (Å²) in [5.41, 5.74) is 3.83. The molecule has 1 N–H and O–H groups in total. The van der Waals surface area contributed by atoms with Crippen molar-refractivity contribution < 1.29 is 0 Å². The summed E-state index contributed by atoms with van der Waals surface area (Å²) >= 11 is 3.66. The molecule has 2 nitrogen and oxygen atoms in total. The molecular weight excluding hydrogens is 300 g/mol. The third kappa shape index (κ3) is 3.75. The van der Waals surface area contributed by atoms with Crippen LogP contribution in [0.3, 0.4) is 0 Å². The quantitative estimate of drug-likeness (QED) is 0.856. The Hall–Kier alpha value is -0.980. The average molecular weight is 321 g/mol. The lowest BCUT2D eigenvalue weighted by Gasteiger charge is -2.32. The molecule has 0 unspecified atom stereocenters. The van der Waals surface area contributed by atoms with Gasteiger partial charge >= 0.3 is 0 Å². The van der Waals surface area contributed by atoms with Gasteiger partial charge in [0.15, 0.2) is 0 Å². The minimum atomic E-state index is 0.548. The molecule has 1 aromatic carbocycles. The van der Waals surface area contributed by atoms with E-state index in [1.165, 1.54) is 16.8 Å². The van der Waals surface area contributed by atoms with Crippen molar-refractivity contribution in [3.05, 3.63) is 27.7 Å². The van der Waals surface area contributed by atoms with Crippen LogP contribution in [0.1, 0.15) is 24.0 Å². The number of nitrogens with zero attached hydrogens (tertiary/aromatic N) is 1. The molecule has 0 bridgehead atoms. The molecule has 0 aliphatic carbocycles. The molecule has 1 heterocycles. The first-order chi connectivity index (χ1) is 9.10. The number of nitrogens with one attached hydrogen (secondary N) is 1. The third-order valence-corrected chi connectivity index (χ3v) is 4.31. The number of halogens is 1. The van der Waals surface area contributed by atoms with Crippen LogP contribution >= 0.6 is 15.9 Å². The molecule has 0 amide bonds. The van der Waals surface area contributed by atoms with Crippen molar-refractivity contribution in [1.82, 2.24) is 4.90 Å². The highest BCUT2D eigenvalue weighted by Gasteiger charge is 2.19. The number of hydrogen-bond donors (Lipinski definition) is 1. The lowest BCUT2D eigenvalue weighted by atomic mass is 10.0. The first kappa shape index (κ1) is 14.4. The van der Waals surface area contributed by atoms with Crippen molar-refractivity contribution in [2.75, 3.05) is 25.0 Å². The molecular formula is C16H21BrN2. The summed E-state index contributed by atoms with van der Waals surface area (Å²) in [5, 5.41) is 3.68. The highest BCUT2D eigenvalue weighted by Crippen LogP contribution is 2.29. The van der Waals surface area contributed by atoms with Gasteiger partial charge in [0, 0.05) is 23.6 Å². The van der Waals surface area contributed by atoms with Crippen molar-refractivity contribution in [3.8, 4) is 12.3 Å². The third-order valence-electron chi connectivity index (χ3n) is 3.68. The smallest absolute Gasteiger partial charge is 0.0598 e. The molecule has 1 aliphatic heterocycles. The Balaban J connectivity index is 1.98. The number of aryl methyl sites for hydroxylation is 2. The van der Waals surface area contributed by atoms with E-state index < -0.39 is 0 Å². The Morgan fingerprint density at radius 1 is 1.37 bits per heavy atom. The molecule has 0 aromatic heterocycles. The van der Waals surface area contributed by atoms with Crippen LogP contribution in [0.25, 0.3) is 0 Å². The Morgan fingerprint density at radius 3 is 2.63 bits per heavy atom. The maximum atomic E-state index is 5.36. The van der Waals surface area contributed by atoms with Crippen LogP contribution < -0.4 is 5.32 Å². The van der Waals surface area contributed by atoms with Crippen molar-refractivity contribution >= 4 is 21.6 Å². The zero-order valence-corrected chi connectivity index (χ0v) is 13.3. The van der Waals surface area contributed by atoms with Crippen LogP contribution in [0, 0.1) is 26.2 Å². The minimum absolute atomic E-state index is 0.548. The predicted molar refractivity (Wildman–Crippen MR) is 85.5 cm³/mol. The first-order valence-electron chi connectivity index (χ1n) is 6.79. The summed E-state index contributed by atoms with van der Waals surface area (Å²) in [4.78, 5) is 2.34. The number of piperidine rings is 1. The van der Waals surface area contributed by atoms with Crippen LogP contribution in [0.2, 0.25) is 0 Å². The zero-order chi connectivity index (χ0) is 13.8. The van der Waals surface area contributed by atoms with E-state index in [2.05, 4.69) is 58.0 Å². The first-order valence-corrected chi connectivity index (χ1v) is 7.58. The predicted octanol–water partition coefficient (Wildman–Crippen LogP) is 3.58. The molecule has 2 rings (SSSR count). The highest BCUT2D eigenvalue weighted by molar-refractivity contribution is 9.10. The molecule has 0 saturated carbocycles. The highest BCUT2D eigenvalue weighted by atomic mass is 79.9. The van der Waals surface area contributed by atoms with Gasteiger partial charge in [0.1, 0.15) is 0 Å². The molecule has 1 aliphatic rings. The van der Waals surface area contributed by atoms with E-state index in [0.29, 0.717) is 6.04 Å². The fourth-order valence-electron chi connectivity index (χ4n) is 2.67. The Labute approximate surface area is 124 Å². The normalized spacial score (nSPS) is 17.2. The molecule has 1 fully saturated rings. The molecule has 0 radical (unpaired) electrons. The van der Waals surface area contributed by atoms with Gasteiger partial charge in [0.2, 0.25) is 0 Å². The van der Waals surface area contributed by atoms with Crippen molar-refractivity contribution in [2.45, 2.75) is 32.7 Å². The molecule has 19 heavy (non-hydrogen) atoms. The van der Waals surface area contributed by atoms with E-state index in [0.717, 1.165) is 36.9 Å². The van der Waals surface area contributed by atoms with Gasteiger partial charge in [0.05, 0.1) is 12.2 Å². The standard InChI is InChI=1S/C16H21BrN2/c1-4-7-19-8-5-14(6-9-19)18-16-13(3)10-12(2)11-15(16)17/h1,10-11,14,18H,5-9H2,2-3H3. The van der Waals surface area contributed by atoms with Gasteiger partial charge in [-0.1, -0.05) is 12.0 Å². The van der Waals surface area contributed by atoms with Gasteiger partial charge in [-0.3, -0.25) is 4.90 Å². The van der Waals surface area contributed by atoms with E-state index in [1.54, 1.807) is 0 Å². The zero-order valence-electron chi connectivity index (χ0n) is 11.7. The van der Waals surface area contributed by atoms with Crippen LogP contribution in [-0.2, 0) is 0 Å². The summed E-state index contributed by atoms with van der Waals surface area (Å²) < 4.78 is 1.16. The summed E-state index contributed by atoms with van der Waals surface area (Å²) in [5.74, 6) is 2.72. The van der Waals surface area contributed by atoms with Crippen molar-refractivity contribution in [3.63, 3.8) is 0 Å². The minimum Gasteiger partial charge on any atom is -0.381 e. The van der Waals surface area contributed by atoms with Gasteiger partial charge < -0.3 is 5.32 Å². The molecule has 0 atom stereocenters. The van der Waals surface area contributed by atoms with Gasteiger partial charge in [0.25, 0.3) is 0 Å². The van der Waals surface area contributed by atoms with Crippen molar-refractivity contribution in [1.29, 1.82) is 0 Å². The van der Waals surface area contributed by atoms with E-state index in [-0.39, 0.29) is 0 Å². The number of terminal acetylenes is 1. The molecule has 1 aromatic rings. The van der Waals surface area contributed by atoms with Crippen LogP contribution in [0.4, 0.5) is 5.69 Å². The lowest BCUT2D eigenvalue weighted by molar-refractivity contribution is 0.243. The summed E-state index contributed by atoms with van der Waals surface area (Å²) in [6, 6.07) is 4.94. The second kappa shape index (κ2) is 6.45. The van der Waals surface area contributed by atoms with Crippen LogP contribution in [-0.4, -0.2) is 30.6 Å². The number of hydrogen-bond acceptors (Lipinski definition) is 2. The van der Waals surface area contributed by atoms with Gasteiger partial charge in [-0.05, 0) is 59.8 Å². The largest absolute Gasteiger partial charge is 0.381 e. The monoisotopic (exact) mass is 320 g/mol. The van der Waals surface area contributed by atoms with Gasteiger partial charge in [-0.25, -0.2) is 0 Å². The van der Waals surface area contributed by atoms with E-state index >= 15 is 0 Å². The van der Waals surface area contributed by atoms with E-state index in [1.807, 2.05) is 0 Å². The number of likely N-dealkylation sites (tertiary alicyclic amines) is 1. The lowest BCUT2D eigenvalue weighted by Crippen LogP contribution is -2.39. The molecule has 102 valence electrons. The summed E-state index contributed by atoms with van der Waals surface area (Å²) in [7, 11) is 0. The fourth-order valence-corrected chi connectivity index (χ4v) is 3.46. The number of rotatable bonds is 3. The molecule has 3 heteroatoms. The van der Waals surface area contributed by atoms with Crippen LogP contribution in [0.15, 0.2) is 16.6 Å². The Kier molecular flexibility index (Phi) is 4.90. The second-order valence-corrected chi connectivity index (χ2v) is 6.19. The van der Waals surface area contributed by atoms with Crippen LogP contribution in [0.5, 0.6) is 0 Å². The topological polar surface area (TPSA) is 15.3 Å². The van der Waals surface area contributed by atoms with Gasteiger partial charge in [-0.2, -0.15) is 0 Å². The number of anilines is 1. The van der Waals surface area contributed by atoms with Gasteiger partial charge in [-0.15, -0.1) is 6.42 Å². The SMILES string of the molecule is C#CCN1CCC(Nc2c(C)cc(C)cc2Br)CC1. The summed E-state index contributed by atoms with van der Waals surface area (Å²) in [6.45, 7) is 7.24. The Bertz CT molecular complexity index is 459. The fraction of sp³-hybridized carbons (Fsp3) is 0.500. The molecule has 0 spiro atoms. The summed E-state index contributed by atoms with van der Waals surface area (Å²) in [6.07, 6.45) is 7.67. The molecule has 1 saturated heterocycles. The second-order valence-electron chi connectivity index (χ2n) is 5.34. The maximum absolute atomic E-state index is 5.36. The number of benzene rings is 1. The van der Waals surface area contributed by atoms with E-state index in [9.17, 15) is 0 Å². The van der Waals surface area contributed by atoms with Crippen molar-refractivity contribution in [2.24, 2.45) is 0 Å². The maximum Gasteiger partial charge on any atom is 0.0598 e.